The molecule has 1 saturated carbocycles. The Morgan fingerprint density at radius 1 is 1.30 bits per heavy atom. The van der Waals surface area contributed by atoms with Crippen LogP contribution in [0.4, 0.5) is 0 Å². The van der Waals surface area contributed by atoms with Gasteiger partial charge in [0.25, 0.3) is 5.91 Å². The van der Waals surface area contributed by atoms with E-state index in [4.69, 9.17) is 4.74 Å². The predicted octanol–water partition coefficient (Wildman–Crippen LogP) is 2.06. The third-order valence-electron chi connectivity index (χ3n) is 5.18. The van der Waals surface area contributed by atoms with Crippen molar-refractivity contribution >= 4 is 15.7 Å². The lowest BCUT2D eigenvalue weighted by molar-refractivity contribution is 0.0944. The SMILES string of the molecule is COc1ccccc1CNC(=O)c1cc(C2CC2)n(C2CCS(=O)(=O)C2)n1. The fourth-order valence-corrected chi connectivity index (χ4v) is 5.27. The maximum Gasteiger partial charge on any atom is 0.272 e. The van der Waals surface area contributed by atoms with Gasteiger partial charge >= 0.3 is 0 Å². The molecule has 1 aliphatic carbocycles. The van der Waals surface area contributed by atoms with Crippen molar-refractivity contribution in [3.63, 3.8) is 0 Å². The summed E-state index contributed by atoms with van der Waals surface area (Å²) in [5.41, 5.74) is 2.22. The molecule has 0 spiro atoms. The average Bonchev–Trinajstić information content (AvgIpc) is 3.30. The Bertz CT molecular complexity index is 963. The number of para-hydroxylation sites is 1. The van der Waals surface area contributed by atoms with Gasteiger partial charge in [0.05, 0.1) is 24.7 Å². The van der Waals surface area contributed by atoms with Gasteiger partial charge in [-0.25, -0.2) is 8.42 Å². The van der Waals surface area contributed by atoms with E-state index in [1.165, 1.54) is 0 Å². The van der Waals surface area contributed by atoms with Crippen molar-refractivity contribution in [1.82, 2.24) is 15.1 Å². The zero-order valence-corrected chi connectivity index (χ0v) is 16.0. The molecule has 1 unspecified atom stereocenters. The first-order valence-electron chi connectivity index (χ1n) is 9.17. The van der Waals surface area contributed by atoms with Crippen molar-refractivity contribution in [2.24, 2.45) is 0 Å². The van der Waals surface area contributed by atoms with Crippen LogP contribution in [-0.4, -0.2) is 42.7 Å². The minimum atomic E-state index is -3.01. The maximum absolute atomic E-state index is 12.6. The molecule has 1 amide bonds. The summed E-state index contributed by atoms with van der Waals surface area (Å²) in [6, 6.07) is 9.17. The van der Waals surface area contributed by atoms with Crippen molar-refractivity contribution in [3.05, 3.63) is 47.3 Å². The molecule has 1 N–H and O–H groups in total. The third kappa shape index (κ3) is 3.85. The highest BCUT2D eigenvalue weighted by atomic mass is 32.2. The molecule has 27 heavy (non-hydrogen) atoms. The number of carbonyl (C=O) groups excluding carboxylic acids is 1. The van der Waals surface area contributed by atoms with Crippen molar-refractivity contribution < 1.29 is 17.9 Å². The zero-order valence-electron chi connectivity index (χ0n) is 15.2. The van der Waals surface area contributed by atoms with Crippen LogP contribution in [0.25, 0.3) is 0 Å². The number of benzene rings is 1. The fraction of sp³-hybridized carbons (Fsp3) is 0.474. The van der Waals surface area contributed by atoms with Crippen molar-refractivity contribution in [2.45, 2.75) is 37.8 Å². The van der Waals surface area contributed by atoms with Gasteiger partial charge in [0.2, 0.25) is 0 Å². The lowest BCUT2D eigenvalue weighted by Gasteiger charge is -2.12. The van der Waals surface area contributed by atoms with Gasteiger partial charge in [-0.05, 0) is 31.4 Å². The Balaban J connectivity index is 1.52. The van der Waals surface area contributed by atoms with Crippen LogP contribution in [-0.2, 0) is 16.4 Å². The van der Waals surface area contributed by atoms with Gasteiger partial charge in [0, 0.05) is 23.7 Å². The summed E-state index contributed by atoms with van der Waals surface area (Å²) in [4.78, 5) is 12.6. The Kier molecular flexibility index (Phi) is 4.67. The third-order valence-corrected chi connectivity index (χ3v) is 6.93. The molecular formula is C19H23N3O4S. The minimum Gasteiger partial charge on any atom is -0.496 e. The van der Waals surface area contributed by atoms with Gasteiger partial charge in [-0.2, -0.15) is 5.10 Å². The highest BCUT2D eigenvalue weighted by Crippen LogP contribution is 2.42. The second-order valence-corrected chi connectivity index (χ2v) is 9.45. The first-order chi connectivity index (χ1) is 13.0. The lowest BCUT2D eigenvalue weighted by Crippen LogP contribution is -2.24. The largest absolute Gasteiger partial charge is 0.496 e. The Labute approximate surface area is 158 Å². The summed E-state index contributed by atoms with van der Waals surface area (Å²) >= 11 is 0. The highest BCUT2D eigenvalue weighted by Gasteiger charge is 2.36. The maximum atomic E-state index is 12.6. The number of methoxy groups -OCH3 is 1. The van der Waals surface area contributed by atoms with Gasteiger partial charge < -0.3 is 10.1 Å². The van der Waals surface area contributed by atoms with Crippen LogP contribution in [0, 0.1) is 0 Å². The molecule has 1 saturated heterocycles. The fourth-order valence-electron chi connectivity index (χ4n) is 3.58. The van der Waals surface area contributed by atoms with Crippen LogP contribution >= 0.6 is 0 Å². The standard InChI is InChI=1S/C19H23N3O4S/c1-26-18-5-3-2-4-14(18)11-20-19(23)16-10-17(13-6-7-13)22(21-16)15-8-9-27(24,25)12-15/h2-5,10,13,15H,6-9,11-12H2,1H3,(H,20,23). The molecule has 2 heterocycles. The number of hydrogen-bond acceptors (Lipinski definition) is 5. The number of aromatic nitrogens is 2. The molecular weight excluding hydrogens is 366 g/mol. The van der Waals surface area contributed by atoms with Crippen molar-refractivity contribution in [1.29, 1.82) is 0 Å². The number of rotatable bonds is 6. The van der Waals surface area contributed by atoms with E-state index in [1.54, 1.807) is 11.8 Å². The lowest BCUT2D eigenvalue weighted by atomic mass is 10.2. The predicted molar refractivity (Wildman–Crippen MR) is 101 cm³/mol. The van der Waals surface area contributed by atoms with Gasteiger partial charge in [0.1, 0.15) is 11.4 Å². The highest BCUT2D eigenvalue weighted by molar-refractivity contribution is 7.91. The topological polar surface area (TPSA) is 90.3 Å². The Morgan fingerprint density at radius 3 is 2.74 bits per heavy atom. The number of sulfone groups is 1. The van der Waals surface area contributed by atoms with Gasteiger partial charge in [-0.15, -0.1) is 0 Å². The van der Waals surface area contributed by atoms with Crippen LogP contribution in [0.2, 0.25) is 0 Å². The second-order valence-electron chi connectivity index (χ2n) is 7.22. The van der Waals surface area contributed by atoms with Gasteiger partial charge in [0.15, 0.2) is 9.84 Å². The number of hydrogen-bond donors (Lipinski definition) is 1. The average molecular weight is 389 g/mol. The van der Waals surface area contributed by atoms with E-state index < -0.39 is 9.84 Å². The molecule has 1 atom stereocenters. The normalized spacial score (nSPS) is 21.1. The Morgan fingerprint density at radius 2 is 2.07 bits per heavy atom. The van der Waals surface area contributed by atoms with Gasteiger partial charge in [-0.1, -0.05) is 18.2 Å². The summed E-state index contributed by atoms with van der Waals surface area (Å²) in [7, 11) is -1.41. The molecule has 0 radical (unpaired) electrons. The number of ether oxygens (including phenoxy) is 1. The molecule has 1 aromatic carbocycles. The van der Waals surface area contributed by atoms with E-state index in [0.29, 0.717) is 24.6 Å². The molecule has 144 valence electrons. The monoisotopic (exact) mass is 389 g/mol. The molecule has 1 aliphatic heterocycles. The second kappa shape index (κ2) is 6.99. The van der Waals surface area contributed by atoms with E-state index in [0.717, 1.165) is 29.8 Å². The molecule has 4 rings (SSSR count). The molecule has 0 bridgehead atoms. The minimum absolute atomic E-state index is 0.108. The molecule has 2 fully saturated rings. The first-order valence-corrected chi connectivity index (χ1v) is 11.0. The molecule has 2 aromatic rings. The van der Waals surface area contributed by atoms with Gasteiger partial charge in [-0.3, -0.25) is 9.48 Å². The molecule has 7 nitrogen and oxygen atoms in total. The van der Waals surface area contributed by atoms with Crippen molar-refractivity contribution in [2.75, 3.05) is 18.6 Å². The summed E-state index contributed by atoms with van der Waals surface area (Å²) in [6.07, 6.45) is 2.69. The van der Waals surface area contributed by atoms with Crippen LogP contribution in [0.3, 0.4) is 0 Å². The van der Waals surface area contributed by atoms with E-state index in [2.05, 4.69) is 10.4 Å². The summed E-state index contributed by atoms with van der Waals surface area (Å²) in [6.45, 7) is 0.340. The number of nitrogens with zero attached hydrogens (tertiary/aromatic N) is 2. The number of carbonyl (C=O) groups is 1. The van der Waals surface area contributed by atoms with E-state index in [1.807, 2.05) is 30.3 Å². The smallest absolute Gasteiger partial charge is 0.272 e. The molecule has 1 aromatic heterocycles. The summed E-state index contributed by atoms with van der Waals surface area (Å²) in [5.74, 6) is 1.14. The van der Waals surface area contributed by atoms with Crippen LogP contribution < -0.4 is 10.1 Å². The van der Waals surface area contributed by atoms with Crippen LogP contribution in [0.15, 0.2) is 30.3 Å². The molecule has 8 heteroatoms. The first kappa shape index (κ1) is 18.0. The van der Waals surface area contributed by atoms with E-state index in [-0.39, 0.29) is 23.5 Å². The van der Waals surface area contributed by atoms with E-state index >= 15 is 0 Å². The van der Waals surface area contributed by atoms with Crippen molar-refractivity contribution in [3.8, 4) is 5.75 Å². The van der Waals surface area contributed by atoms with Crippen LogP contribution in [0.1, 0.15) is 53.0 Å². The van der Waals surface area contributed by atoms with E-state index in [9.17, 15) is 13.2 Å². The summed E-state index contributed by atoms with van der Waals surface area (Å²) < 4.78 is 30.8. The Hall–Kier alpha value is -2.35. The number of amides is 1. The zero-order chi connectivity index (χ0) is 19.0. The quantitative estimate of drug-likeness (QED) is 0.817. The number of nitrogens with one attached hydrogen (secondary N) is 1. The summed E-state index contributed by atoms with van der Waals surface area (Å²) in [5, 5.41) is 7.37. The molecule has 2 aliphatic rings. The van der Waals surface area contributed by atoms with Crippen LogP contribution in [0.5, 0.6) is 5.75 Å².